The number of aromatic nitrogens is 3. The minimum absolute atomic E-state index is 0.122. The summed E-state index contributed by atoms with van der Waals surface area (Å²) in [7, 11) is 3.19. The molecule has 138 valence electrons. The Morgan fingerprint density at radius 3 is 3.00 bits per heavy atom. The number of nitrogens with zero attached hydrogens (tertiary/aromatic N) is 3. The maximum absolute atomic E-state index is 11.8. The molecule has 1 aliphatic heterocycles. The summed E-state index contributed by atoms with van der Waals surface area (Å²) in [5.74, 6) is 1.69. The average molecular weight is 366 g/mol. The first kappa shape index (κ1) is 16.9. The van der Waals surface area contributed by atoms with E-state index in [1.54, 1.807) is 24.9 Å². The molecule has 8 heteroatoms. The van der Waals surface area contributed by atoms with Gasteiger partial charge in [0, 0.05) is 18.2 Å². The second-order valence-corrected chi connectivity index (χ2v) is 5.99. The Labute approximate surface area is 155 Å². The van der Waals surface area contributed by atoms with Gasteiger partial charge in [0.1, 0.15) is 5.69 Å². The van der Waals surface area contributed by atoms with Crippen molar-refractivity contribution in [1.82, 2.24) is 20.3 Å². The first-order valence-electron chi connectivity index (χ1n) is 8.37. The highest BCUT2D eigenvalue weighted by atomic mass is 16.7. The molecule has 0 radical (unpaired) electrons. The van der Waals surface area contributed by atoms with Crippen molar-refractivity contribution in [2.24, 2.45) is 0 Å². The molecule has 3 aromatic rings. The highest BCUT2D eigenvalue weighted by Crippen LogP contribution is 2.43. The van der Waals surface area contributed by atoms with E-state index in [4.69, 9.17) is 14.2 Å². The largest absolute Gasteiger partial charge is 0.493 e. The lowest BCUT2D eigenvalue weighted by molar-refractivity contribution is 0.0963. The summed E-state index contributed by atoms with van der Waals surface area (Å²) in [6.07, 6.45) is 1.84. The van der Waals surface area contributed by atoms with Crippen molar-refractivity contribution in [3.8, 4) is 28.5 Å². The number of carbonyl (C=O) groups is 1. The fraction of sp³-hybridized carbons (Fsp3) is 0.211. The summed E-state index contributed by atoms with van der Waals surface area (Å²) in [5, 5.41) is 11.0. The van der Waals surface area contributed by atoms with Gasteiger partial charge in [0.2, 0.25) is 12.5 Å². The molecule has 0 bridgehead atoms. The fourth-order valence-electron chi connectivity index (χ4n) is 2.93. The summed E-state index contributed by atoms with van der Waals surface area (Å²) >= 11 is 0. The van der Waals surface area contributed by atoms with Crippen molar-refractivity contribution in [2.75, 3.05) is 21.0 Å². The van der Waals surface area contributed by atoms with Gasteiger partial charge in [0.25, 0.3) is 5.91 Å². The molecule has 1 N–H and O–H groups in total. The molecule has 2 aromatic carbocycles. The maximum atomic E-state index is 11.8. The zero-order valence-electron chi connectivity index (χ0n) is 14.9. The minimum Gasteiger partial charge on any atom is -0.493 e. The number of benzene rings is 2. The third kappa shape index (κ3) is 3.29. The first-order valence-corrected chi connectivity index (χ1v) is 8.37. The van der Waals surface area contributed by atoms with Gasteiger partial charge in [0.15, 0.2) is 11.5 Å². The van der Waals surface area contributed by atoms with Gasteiger partial charge in [-0.3, -0.25) is 4.79 Å². The Bertz CT molecular complexity index is 999. The van der Waals surface area contributed by atoms with Gasteiger partial charge in [-0.15, -0.1) is 5.10 Å². The van der Waals surface area contributed by atoms with Crippen LogP contribution in [0.4, 0.5) is 0 Å². The van der Waals surface area contributed by atoms with Crippen LogP contribution < -0.4 is 19.5 Å². The summed E-state index contributed by atoms with van der Waals surface area (Å²) in [6.45, 7) is 0.670. The molecule has 0 unspecified atom stereocenters. The van der Waals surface area contributed by atoms with Crippen molar-refractivity contribution in [3.05, 3.63) is 53.7 Å². The predicted molar refractivity (Wildman–Crippen MR) is 97.1 cm³/mol. The normalized spacial score (nSPS) is 12.1. The molecular weight excluding hydrogens is 348 g/mol. The van der Waals surface area contributed by atoms with Crippen LogP contribution in [0.15, 0.2) is 42.6 Å². The van der Waals surface area contributed by atoms with Gasteiger partial charge in [-0.1, -0.05) is 17.3 Å². The smallest absolute Gasteiger partial charge is 0.251 e. The van der Waals surface area contributed by atoms with Crippen LogP contribution in [0, 0.1) is 0 Å². The van der Waals surface area contributed by atoms with Crippen LogP contribution in [0.5, 0.6) is 17.2 Å². The Hall–Kier alpha value is -3.55. The number of methoxy groups -OCH3 is 1. The molecule has 1 aromatic heterocycles. The van der Waals surface area contributed by atoms with Crippen LogP contribution in [-0.4, -0.2) is 41.9 Å². The zero-order valence-corrected chi connectivity index (χ0v) is 14.9. The highest BCUT2D eigenvalue weighted by molar-refractivity contribution is 5.94. The molecule has 1 aliphatic rings. The lowest BCUT2D eigenvalue weighted by Crippen LogP contribution is -2.18. The number of carbonyl (C=O) groups excluding carboxylic acids is 1. The fourth-order valence-corrected chi connectivity index (χ4v) is 2.93. The monoisotopic (exact) mass is 366 g/mol. The predicted octanol–water partition coefficient (Wildman–Crippen LogP) is 2.09. The van der Waals surface area contributed by atoms with Crippen LogP contribution in [0.1, 0.15) is 15.9 Å². The van der Waals surface area contributed by atoms with Gasteiger partial charge >= 0.3 is 0 Å². The molecule has 2 heterocycles. The number of nitrogens with one attached hydrogen (secondary N) is 1. The molecule has 0 fully saturated rings. The van der Waals surface area contributed by atoms with Gasteiger partial charge in [-0.25, -0.2) is 4.68 Å². The summed E-state index contributed by atoms with van der Waals surface area (Å²) < 4.78 is 18.0. The standard InChI is InChI=1S/C19H18N4O4/c1-20-19(24)13-5-3-4-12(6-13)9-23-10-15(21-22-23)14-7-16(25-2)18-17(8-14)26-11-27-18/h3-8,10H,9,11H2,1-2H3,(H,20,24). The van der Waals surface area contributed by atoms with E-state index in [0.717, 1.165) is 11.1 Å². The second kappa shape index (κ2) is 6.99. The van der Waals surface area contributed by atoms with Crippen molar-refractivity contribution < 1.29 is 19.0 Å². The molecule has 0 atom stereocenters. The summed E-state index contributed by atoms with van der Waals surface area (Å²) in [4.78, 5) is 11.8. The number of hydrogen-bond acceptors (Lipinski definition) is 6. The molecular formula is C19H18N4O4. The Morgan fingerprint density at radius 1 is 1.30 bits per heavy atom. The van der Waals surface area contributed by atoms with Crippen LogP contribution in [0.25, 0.3) is 11.3 Å². The number of amides is 1. The van der Waals surface area contributed by atoms with E-state index in [1.165, 1.54) is 0 Å². The van der Waals surface area contributed by atoms with Crippen molar-refractivity contribution in [1.29, 1.82) is 0 Å². The SMILES string of the molecule is CNC(=O)c1cccc(Cn2cc(-c3cc(OC)c4c(c3)OCO4)nn2)c1. The minimum atomic E-state index is -0.122. The van der Waals surface area contributed by atoms with Crippen LogP contribution in [0.2, 0.25) is 0 Å². The maximum Gasteiger partial charge on any atom is 0.251 e. The Kier molecular flexibility index (Phi) is 4.37. The summed E-state index contributed by atoms with van der Waals surface area (Å²) in [5.41, 5.74) is 3.07. The molecule has 0 saturated carbocycles. The number of fused-ring (bicyclic) bond motifs is 1. The van der Waals surface area contributed by atoms with Gasteiger partial charge in [-0.05, 0) is 29.8 Å². The van der Waals surface area contributed by atoms with Crippen molar-refractivity contribution in [2.45, 2.75) is 6.54 Å². The lowest BCUT2D eigenvalue weighted by atomic mass is 10.1. The van der Waals surface area contributed by atoms with Gasteiger partial charge in [0.05, 0.1) is 19.9 Å². The van der Waals surface area contributed by atoms with E-state index in [9.17, 15) is 4.79 Å². The first-order chi connectivity index (χ1) is 13.2. The molecule has 1 amide bonds. The molecule has 27 heavy (non-hydrogen) atoms. The van der Waals surface area contributed by atoms with E-state index in [1.807, 2.05) is 36.5 Å². The highest BCUT2D eigenvalue weighted by Gasteiger charge is 2.21. The molecule has 0 aliphatic carbocycles. The van der Waals surface area contributed by atoms with Crippen molar-refractivity contribution in [3.63, 3.8) is 0 Å². The van der Waals surface area contributed by atoms with Crippen molar-refractivity contribution >= 4 is 5.91 Å². The second-order valence-electron chi connectivity index (χ2n) is 5.99. The summed E-state index contributed by atoms with van der Waals surface area (Å²) in [6, 6.07) is 11.1. The van der Waals surface area contributed by atoms with E-state index in [0.29, 0.717) is 35.1 Å². The van der Waals surface area contributed by atoms with E-state index in [-0.39, 0.29) is 12.7 Å². The number of ether oxygens (including phenoxy) is 3. The Morgan fingerprint density at radius 2 is 2.19 bits per heavy atom. The van der Waals surface area contributed by atoms with Crippen LogP contribution >= 0.6 is 0 Å². The van der Waals surface area contributed by atoms with Crippen LogP contribution in [0.3, 0.4) is 0 Å². The quantitative estimate of drug-likeness (QED) is 0.744. The van der Waals surface area contributed by atoms with E-state index >= 15 is 0 Å². The van der Waals surface area contributed by atoms with Crippen LogP contribution in [-0.2, 0) is 6.54 Å². The molecule has 8 nitrogen and oxygen atoms in total. The molecule has 0 spiro atoms. The van der Waals surface area contributed by atoms with Gasteiger partial charge in [-0.2, -0.15) is 0 Å². The number of rotatable bonds is 5. The molecule has 0 saturated heterocycles. The van der Waals surface area contributed by atoms with Gasteiger partial charge < -0.3 is 19.5 Å². The zero-order chi connectivity index (χ0) is 18.8. The van der Waals surface area contributed by atoms with E-state index < -0.39 is 0 Å². The third-order valence-corrected chi connectivity index (χ3v) is 4.25. The Balaban J connectivity index is 1.59. The third-order valence-electron chi connectivity index (χ3n) is 4.25. The average Bonchev–Trinajstić information content (AvgIpc) is 3.36. The van der Waals surface area contributed by atoms with E-state index in [2.05, 4.69) is 15.6 Å². The number of hydrogen-bond donors (Lipinski definition) is 1. The molecule has 4 rings (SSSR count). The topological polar surface area (TPSA) is 87.5 Å². The lowest BCUT2D eigenvalue weighted by Gasteiger charge is -2.06.